The Kier molecular flexibility index (Phi) is 3.51. The van der Waals surface area contributed by atoms with Crippen LogP contribution in [0.1, 0.15) is 25.7 Å². The molecule has 6 heteroatoms. The van der Waals surface area contributed by atoms with Crippen LogP contribution < -0.4 is 16.6 Å². The predicted octanol–water partition coefficient (Wildman–Crippen LogP) is 1.50. The molecule has 0 bridgehead atoms. The summed E-state index contributed by atoms with van der Waals surface area (Å²) in [5, 5.41) is 2.97. The second kappa shape index (κ2) is 5.07. The van der Waals surface area contributed by atoms with Crippen molar-refractivity contribution in [1.29, 1.82) is 0 Å². The van der Waals surface area contributed by atoms with E-state index in [0.29, 0.717) is 0 Å². The zero-order valence-corrected chi connectivity index (χ0v) is 9.04. The Morgan fingerprint density at radius 1 is 1.50 bits per heavy atom. The van der Waals surface area contributed by atoms with Crippen LogP contribution in [0.2, 0.25) is 0 Å². The summed E-state index contributed by atoms with van der Waals surface area (Å²) in [7, 11) is 0. The number of nitrogens with zero attached hydrogens (tertiary/aromatic N) is 2. The van der Waals surface area contributed by atoms with Crippen molar-refractivity contribution in [3.63, 3.8) is 0 Å². The molecular formula is C10H16FN5. The maximum Gasteiger partial charge on any atom is 0.239 e. The molecule has 0 atom stereocenters. The van der Waals surface area contributed by atoms with Crippen molar-refractivity contribution in [2.45, 2.75) is 25.7 Å². The van der Waals surface area contributed by atoms with Gasteiger partial charge in [0, 0.05) is 6.54 Å². The minimum Gasteiger partial charge on any atom is -0.367 e. The molecule has 88 valence electrons. The smallest absolute Gasteiger partial charge is 0.239 e. The third-order valence-corrected chi connectivity index (χ3v) is 2.94. The van der Waals surface area contributed by atoms with Crippen LogP contribution >= 0.6 is 0 Å². The van der Waals surface area contributed by atoms with E-state index in [4.69, 9.17) is 5.84 Å². The van der Waals surface area contributed by atoms with Crippen molar-refractivity contribution < 1.29 is 4.39 Å². The van der Waals surface area contributed by atoms with E-state index in [1.807, 2.05) is 0 Å². The zero-order valence-electron chi connectivity index (χ0n) is 9.04. The third kappa shape index (κ3) is 2.57. The van der Waals surface area contributed by atoms with Crippen molar-refractivity contribution >= 4 is 11.8 Å². The Bertz CT molecular complexity index is 353. The fourth-order valence-corrected chi connectivity index (χ4v) is 1.74. The summed E-state index contributed by atoms with van der Waals surface area (Å²) in [6, 6.07) is 0. The van der Waals surface area contributed by atoms with Crippen LogP contribution in [0.25, 0.3) is 0 Å². The van der Waals surface area contributed by atoms with Crippen LogP contribution in [-0.2, 0) is 0 Å². The molecule has 0 unspecified atom stereocenters. The quantitative estimate of drug-likeness (QED) is 0.523. The van der Waals surface area contributed by atoms with Crippen LogP contribution in [0.4, 0.5) is 16.2 Å². The van der Waals surface area contributed by atoms with E-state index in [9.17, 15) is 4.39 Å². The van der Waals surface area contributed by atoms with Gasteiger partial charge in [-0.2, -0.15) is 4.98 Å². The molecule has 1 aromatic rings. The number of aromatic nitrogens is 2. The molecular weight excluding hydrogens is 209 g/mol. The lowest BCUT2D eigenvalue weighted by Crippen LogP contribution is -2.17. The summed E-state index contributed by atoms with van der Waals surface area (Å²) >= 11 is 0. The first-order valence-corrected chi connectivity index (χ1v) is 5.52. The summed E-state index contributed by atoms with van der Waals surface area (Å²) in [4.78, 5) is 7.56. The molecule has 0 aliphatic heterocycles. The molecule has 1 aromatic heterocycles. The highest BCUT2D eigenvalue weighted by Gasteiger charge is 2.16. The number of nitrogens with two attached hydrogens (primary N) is 1. The Morgan fingerprint density at radius 2 is 2.31 bits per heavy atom. The second-order valence-corrected chi connectivity index (χ2v) is 4.05. The first-order valence-electron chi connectivity index (χ1n) is 5.52. The number of halogens is 1. The van der Waals surface area contributed by atoms with Gasteiger partial charge in [-0.05, 0) is 12.3 Å². The number of hydrazine groups is 1. The Morgan fingerprint density at radius 3 is 2.94 bits per heavy atom. The van der Waals surface area contributed by atoms with E-state index in [2.05, 4.69) is 20.7 Å². The average Bonchev–Trinajstić information content (AvgIpc) is 2.24. The number of nitrogen functional groups attached to an aromatic ring is 1. The molecule has 5 nitrogen and oxygen atoms in total. The number of hydrogen-bond donors (Lipinski definition) is 3. The molecule has 4 N–H and O–H groups in total. The maximum atomic E-state index is 13.3. The average molecular weight is 225 g/mol. The van der Waals surface area contributed by atoms with Crippen LogP contribution in [0, 0.1) is 11.7 Å². The molecule has 1 aliphatic carbocycles. The minimum atomic E-state index is -0.451. The van der Waals surface area contributed by atoms with Gasteiger partial charge in [-0.15, -0.1) is 0 Å². The van der Waals surface area contributed by atoms with Gasteiger partial charge >= 0.3 is 0 Å². The SMILES string of the molecule is NNc1ncc(F)c(NCCC2CCC2)n1. The first-order chi connectivity index (χ1) is 7.79. The predicted molar refractivity (Wildman–Crippen MR) is 60.2 cm³/mol. The molecule has 16 heavy (non-hydrogen) atoms. The van der Waals surface area contributed by atoms with E-state index in [0.717, 1.165) is 25.1 Å². The highest BCUT2D eigenvalue weighted by atomic mass is 19.1. The van der Waals surface area contributed by atoms with E-state index >= 15 is 0 Å². The van der Waals surface area contributed by atoms with Gasteiger partial charge in [0.2, 0.25) is 5.95 Å². The second-order valence-electron chi connectivity index (χ2n) is 4.05. The molecule has 1 aliphatic rings. The standard InChI is InChI=1S/C10H16FN5/c11-8-6-14-10(16-12)15-9(8)13-5-4-7-2-1-3-7/h6-7H,1-5,12H2,(H2,13,14,15,16). The van der Waals surface area contributed by atoms with Crippen LogP contribution in [0.3, 0.4) is 0 Å². The normalized spacial score (nSPS) is 15.6. The summed E-state index contributed by atoms with van der Waals surface area (Å²) in [5.41, 5.74) is 2.29. The first kappa shape index (κ1) is 11.1. The van der Waals surface area contributed by atoms with Crippen molar-refractivity contribution in [3.05, 3.63) is 12.0 Å². The van der Waals surface area contributed by atoms with Gasteiger partial charge in [-0.1, -0.05) is 19.3 Å². The molecule has 0 radical (unpaired) electrons. The third-order valence-electron chi connectivity index (χ3n) is 2.94. The lowest BCUT2D eigenvalue weighted by molar-refractivity contribution is 0.302. The van der Waals surface area contributed by atoms with Crippen LogP contribution in [0.15, 0.2) is 6.20 Å². The Labute approximate surface area is 93.6 Å². The summed E-state index contributed by atoms with van der Waals surface area (Å²) in [5.74, 6) is 5.92. The lowest BCUT2D eigenvalue weighted by Gasteiger charge is -2.25. The topological polar surface area (TPSA) is 75.9 Å². The Balaban J connectivity index is 1.86. The van der Waals surface area contributed by atoms with Gasteiger partial charge in [0.05, 0.1) is 6.20 Å². The number of nitrogens with one attached hydrogen (secondary N) is 2. The summed E-state index contributed by atoms with van der Waals surface area (Å²) in [6.07, 6.45) is 6.09. The number of anilines is 2. The maximum absolute atomic E-state index is 13.3. The van der Waals surface area contributed by atoms with Gasteiger partial charge < -0.3 is 5.32 Å². The van der Waals surface area contributed by atoms with Crippen LogP contribution in [0.5, 0.6) is 0 Å². The molecule has 0 amide bonds. The lowest BCUT2D eigenvalue weighted by atomic mass is 9.83. The monoisotopic (exact) mass is 225 g/mol. The highest BCUT2D eigenvalue weighted by Crippen LogP contribution is 2.29. The van der Waals surface area contributed by atoms with E-state index in [1.165, 1.54) is 19.3 Å². The van der Waals surface area contributed by atoms with Crippen LogP contribution in [-0.4, -0.2) is 16.5 Å². The molecule has 0 spiro atoms. The van der Waals surface area contributed by atoms with E-state index in [-0.39, 0.29) is 11.8 Å². The van der Waals surface area contributed by atoms with Gasteiger partial charge in [0.1, 0.15) is 0 Å². The molecule has 0 aromatic carbocycles. The van der Waals surface area contributed by atoms with Crippen molar-refractivity contribution in [2.24, 2.45) is 11.8 Å². The minimum absolute atomic E-state index is 0.210. The molecule has 1 fully saturated rings. The zero-order chi connectivity index (χ0) is 11.4. The van der Waals surface area contributed by atoms with Crippen molar-refractivity contribution in [3.8, 4) is 0 Å². The fraction of sp³-hybridized carbons (Fsp3) is 0.600. The van der Waals surface area contributed by atoms with E-state index < -0.39 is 5.82 Å². The summed E-state index contributed by atoms with van der Waals surface area (Å²) in [6.45, 7) is 0.739. The number of hydrogen-bond acceptors (Lipinski definition) is 5. The van der Waals surface area contributed by atoms with Crippen molar-refractivity contribution in [2.75, 3.05) is 17.3 Å². The fourth-order valence-electron chi connectivity index (χ4n) is 1.74. The molecule has 1 saturated carbocycles. The molecule has 2 rings (SSSR count). The van der Waals surface area contributed by atoms with Gasteiger partial charge in [-0.25, -0.2) is 15.2 Å². The van der Waals surface area contributed by atoms with Gasteiger partial charge in [-0.3, -0.25) is 5.43 Å². The molecule has 1 heterocycles. The molecule has 0 saturated heterocycles. The largest absolute Gasteiger partial charge is 0.367 e. The number of rotatable bonds is 5. The highest BCUT2D eigenvalue weighted by molar-refractivity contribution is 5.40. The van der Waals surface area contributed by atoms with Gasteiger partial charge in [0.25, 0.3) is 0 Å². The van der Waals surface area contributed by atoms with Crippen molar-refractivity contribution in [1.82, 2.24) is 9.97 Å². The van der Waals surface area contributed by atoms with Gasteiger partial charge in [0.15, 0.2) is 11.6 Å². The van der Waals surface area contributed by atoms with E-state index in [1.54, 1.807) is 0 Å². The summed E-state index contributed by atoms with van der Waals surface area (Å²) < 4.78 is 13.3. The Hall–Kier alpha value is -1.43.